The number of aliphatic hydroxyl groups excluding tert-OH is 2. The summed E-state index contributed by atoms with van der Waals surface area (Å²) in [5, 5.41) is 21.1. The number of aliphatic hydroxyl groups is 2. The Morgan fingerprint density at radius 3 is 2.36 bits per heavy atom. The summed E-state index contributed by atoms with van der Waals surface area (Å²) in [6.45, 7) is 8.74. The predicted molar refractivity (Wildman–Crippen MR) is 114 cm³/mol. The molecule has 150 valence electrons. The average Bonchev–Trinajstić information content (AvgIpc) is 3.22. The van der Waals surface area contributed by atoms with Crippen LogP contribution in [0.1, 0.15) is 56.9 Å². The summed E-state index contributed by atoms with van der Waals surface area (Å²) in [5.41, 5.74) is 4.98. The summed E-state index contributed by atoms with van der Waals surface area (Å²) in [5.74, 6) is 1.17. The van der Waals surface area contributed by atoms with Gasteiger partial charge in [0.1, 0.15) is 17.0 Å². The van der Waals surface area contributed by atoms with Crippen LogP contribution in [0.15, 0.2) is 6.33 Å². The number of nitrogens with zero attached hydrogens (tertiary/aromatic N) is 4. The van der Waals surface area contributed by atoms with Crippen LogP contribution in [0.25, 0.3) is 20.4 Å². The number of rotatable bonds is 6. The maximum absolute atomic E-state index is 9.96. The van der Waals surface area contributed by atoms with E-state index in [4.69, 9.17) is 4.98 Å². The monoisotopic (exact) mass is 400 g/mol. The highest BCUT2D eigenvalue weighted by Gasteiger charge is 2.26. The fraction of sp³-hybridized carbons (Fsp3) is 0.571. The van der Waals surface area contributed by atoms with Gasteiger partial charge in [0.2, 0.25) is 0 Å². The normalized spacial score (nSPS) is 16.1. The van der Waals surface area contributed by atoms with E-state index in [1.165, 1.54) is 28.6 Å². The summed E-state index contributed by atoms with van der Waals surface area (Å²) >= 11 is 1.63. The molecule has 7 heteroatoms. The van der Waals surface area contributed by atoms with Crippen molar-refractivity contribution >= 4 is 37.6 Å². The first-order valence-corrected chi connectivity index (χ1v) is 10.9. The van der Waals surface area contributed by atoms with Gasteiger partial charge in [-0.15, -0.1) is 11.3 Å². The predicted octanol–water partition coefficient (Wildman–Crippen LogP) is 3.42. The highest BCUT2D eigenvalue weighted by Crippen LogP contribution is 2.43. The Morgan fingerprint density at radius 2 is 1.71 bits per heavy atom. The third kappa shape index (κ3) is 3.36. The van der Waals surface area contributed by atoms with Crippen LogP contribution in [0.5, 0.6) is 0 Å². The third-order valence-electron chi connectivity index (χ3n) is 5.30. The second kappa shape index (κ2) is 7.54. The van der Waals surface area contributed by atoms with E-state index in [1.807, 2.05) is 4.90 Å². The number of hydrogen-bond donors (Lipinski definition) is 2. The van der Waals surface area contributed by atoms with Crippen LogP contribution in [-0.4, -0.2) is 50.5 Å². The van der Waals surface area contributed by atoms with Gasteiger partial charge in [-0.3, -0.25) is 0 Å². The molecule has 3 heterocycles. The molecule has 4 rings (SSSR count). The fourth-order valence-corrected chi connectivity index (χ4v) is 5.49. The van der Waals surface area contributed by atoms with Gasteiger partial charge in [-0.1, -0.05) is 13.8 Å². The van der Waals surface area contributed by atoms with Crippen LogP contribution in [0.3, 0.4) is 0 Å². The number of anilines is 1. The van der Waals surface area contributed by atoms with E-state index in [9.17, 15) is 10.2 Å². The second-order valence-corrected chi connectivity index (χ2v) is 9.22. The highest BCUT2D eigenvalue weighted by molar-refractivity contribution is 7.26. The van der Waals surface area contributed by atoms with Crippen LogP contribution in [0.2, 0.25) is 0 Å². The standard InChI is InChI=1S/C21H28N4O2S/c1-11(2)17-15-7-5-6-14(15)16-18-19(28-21(16)24-17)20(23-10-22-18)25(8-12(3)26)9-13(4)27/h10-13,26-27H,5-9H2,1-4H3/t12-,13-/m1/s1. The van der Waals surface area contributed by atoms with Crippen molar-refractivity contribution in [1.29, 1.82) is 0 Å². The number of aryl methyl sites for hydroxylation is 1. The Labute approximate surface area is 169 Å². The summed E-state index contributed by atoms with van der Waals surface area (Å²) in [4.78, 5) is 17.2. The number of hydrogen-bond acceptors (Lipinski definition) is 7. The Hall–Kier alpha value is -1.83. The lowest BCUT2D eigenvalue weighted by Crippen LogP contribution is -2.37. The van der Waals surface area contributed by atoms with Gasteiger partial charge in [0.05, 0.1) is 22.4 Å². The van der Waals surface area contributed by atoms with Crippen molar-refractivity contribution < 1.29 is 10.2 Å². The van der Waals surface area contributed by atoms with Gasteiger partial charge in [0.25, 0.3) is 0 Å². The van der Waals surface area contributed by atoms with E-state index >= 15 is 0 Å². The van der Waals surface area contributed by atoms with Crippen molar-refractivity contribution in [3.8, 4) is 0 Å². The van der Waals surface area contributed by atoms with Crippen molar-refractivity contribution in [2.24, 2.45) is 0 Å². The molecule has 28 heavy (non-hydrogen) atoms. The molecule has 0 amide bonds. The molecule has 0 saturated carbocycles. The van der Waals surface area contributed by atoms with Gasteiger partial charge in [-0.25, -0.2) is 15.0 Å². The van der Waals surface area contributed by atoms with Crippen LogP contribution < -0.4 is 4.90 Å². The molecule has 1 aliphatic carbocycles. The topological polar surface area (TPSA) is 82.4 Å². The molecule has 2 atom stereocenters. The van der Waals surface area contributed by atoms with Crippen molar-refractivity contribution in [3.63, 3.8) is 0 Å². The Bertz CT molecular complexity index is 1000. The van der Waals surface area contributed by atoms with Crippen molar-refractivity contribution in [2.45, 2.75) is 65.1 Å². The minimum atomic E-state index is -0.520. The molecule has 3 aromatic heterocycles. The van der Waals surface area contributed by atoms with Gasteiger partial charge in [-0.05, 0) is 50.2 Å². The van der Waals surface area contributed by atoms with Crippen molar-refractivity contribution in [3.05, 3.63) is 23.1 Å². The summed E-state index contributed by atoms with van der Waals surface area (Å²) < 4.78 is 0.987. The lowest BCUT2D eigenvalue weighted by Gasteiger charge is -2.26. The van der Waals surface area contributed by atoms with E-state index in [2.05, 4.69) is 23.8 Å². The summed E-state index contributed by atoms with van der Waals surface area (Å²) in [6.07, 6.45) is 3.89. The third-order valence-corrected chi connectivity index (χ3v) is 6.37. The molecule has 0 aliphatic heterocycles. The zero-order valence-corrected chi connectivity index (χ0v) is 17.8. The molecule has 0 fully saturated rings. The molecule has 0 bridgehead atoms. The molecule has 3 aromatic rings. The summed E-state index contributed by atoms with van der Waals surface area (Å²) in [6, 6.07) is 0. The fourth-order valence-electron chi connectivity index (χ4n) is 4.30. The molecular formula is C21H28N4O2S. The van der Waals surface area contributed by atoms with Gasteiger partial charge in [0, 0.05) is 24.2 Å². The van der Waals surface area contributed by atoms with E-state index in [-0.39, 0.29) is 0 Å². The number of thiophene rings is 1. The second-order valence-electron chi connectivity index (χ2n) is 8.22. The van der Waals surface area contributed by atoms with Crippen molar-refractivity contribution in [2.75, 3.05) is 18.0 Å². The molecule has 2 N–H and O–H groups in total. The Morgan fingerprint density at radius 1 is 1.04 bits per heavy atom. The highest BCUT2D eigenvalue weighted by atomic mass is 32.1. The van der Waals surface area contributed by atoms with E-state index in [0.29, 0.717) is 19.0 Å². The van der Waals surface area contributed by atoms with Gasteiger partial charge < -0.3 is 15.1 Å². The van der Waals surface area contributed by atoms with Gasteiger partial charge in [-0.2, -0.15) is 0 Å². The summed E-state index contributed by atoms with van der Waals surface area (Å²) in [7, 11) is 0. The SMILES string of the molecule is CC(C)c1nc2sc3c(N(C[C@@H](C)O)C[C@@H](C)O)ncnc3c2c2c1CCC2. The average molecular weight is 401 g/mol. The van der Waals surface area contributed by atoms with Gasteiger partial charge in [0.15, 0.2) is 0 Å². The minimum absolute atomic E-state index is 0.397. The quantitative estimate of drug-likeness (QED) is 0.660. The molecule has 0 unspecified atom stereocenters. The molecule has 6 nitrogen and oxygen atoms in total. The van der Waals surface area contributed by atoms with Crippen LogP contribution in [0.4, 0.5) is 5.82 Å². The molecule has 1 aliphatic rings. The van der Waals surface area contributed by atoms with E-state index in [1.54, 1.807) is 31.5 Å². The molecule has 0 radical (unpaired) electrons. The Balaban J connectivity index is 1.95. The first kappa shape index (κ1) is 19.5. The zero-order valence-electron chi connectivity index (χ0n) is 16.9. The molecule has 0 spiro atoms. The smallest absolute Gasteiger partial charge is 0.150 e. The van der Waals surface area contributed by atoms with Gasteiger partial charge >= 0.3 is 0 Å². The first-order valence-electron chi connectivity index (χ1n) is 10.1. The minimum Gasteiger partial charge on any atom is -0.392 e. The molecular weight excluding hydrogens is 372 g/mol. The molecule has 0 aromatic carbocycles. The van der Waals surface area contributed by atoms with Crippen LogP contribution in [-0.2, 0) is 12.8 Å². The first-order chi connectivity index (χ1) is 13.4. The van der Waals surface area contributed by atoms with Crippen molar-refractivity contribution in [1.82, 2.24) is 15.0 Å². The number of fused-ring (bicyclic) bond motifs is 5. The van der Waals surface area contributed by atoms with Crippen LogP contribution >= 0.6 is 11.3 Å². The van der Waals surface area contributed by atoms with E-state index in [0.717, 1.165) is 33.7 Å². The van der Waals surface area contributed by atoms with E-state index < -0.39 is 12.2 Å². The zero-order chi connectivity index (χ0) is 20.0. The lowest BCUT2D eigenvalue weighted by molar-refractivity contribution is 0.178. The Kier molecular flexibility index (Phi) is 5.24. The lowest BCUT2D eigenvalue weighted by atomic mass is 9.99. The number of pyridine rings is 1. The molecule has 0 saturated heterocycles. The van der Waals surface area contributed by atoms with Crippen LogP contribution in [0, 0.1) is 0 Å². The maximum Gasteiger partial charge on any atom is 0.150 e. The largest absolute Gasteiger partial charge is 0.392 e. The number of aromatic nitrogens is 3. The maximum atomic E-state index is 9.96.